The fourth-order valence-electron chi connectivity index (χ4n) is 2.98. The molecule has 0 amide bonds. The van der Waals surface area contributed by atoms with E-state index < -0.39 is 10.0 Å². The molecule has 3 aromatic carbocycles. The Labute approximate surface area is 164 Å². The molecule has 0 bridgehead atoms. The number of nitrogens with one attached hydrogen (secondary N) is 1. The maximum atomic E-state index is 12.9. The zero-order valence-corrected chi connectivity index (χ0v) is 15.8. The lowest BCUT2D eigenvalue weighted by Crippen LogP contribution is -2.13. The van der Waals surface area contributed by atoms with Crippen LogP contribution >= 0.6 is 0 Å². The Hall–Kier alpha value is -3.44. The maximum absolute atomic E-state index is 12.9. The number of benzene rings is 3. The Morgan fingerprint density at radius 2 is 1.29 bits per heavy atom. The number of para-hydroxylation sites is 1. The first-order valence-electron chi connectivity index (χ1n) is 8.82. The van der Waals surface area contributed by atoms with Gasteiger partial charge in [-0.15, -0.1) is 0 Å². The summed E-state index contributed by atoms with van der Waals surface area (Å²) < 4.78 is 28.5. The first kappa shape index (κ1) is 17.9. The Morgan fingerprint density at radius 3 is 2.00 bits per heavy atom. The molecule has 1 heterocycles. The van der Waals surface area contributed by atoms with Crippen LogP contribution in [-0.2, 0) is 10.0 Å². The van der Waals surface area contributed by atoms with Crippen LogP contribution in [0.2, 0.25) is 0 Å². The highest BCUT2D eigenvalue weighted by Gasteiger charge is 2.17. The smallest absolute Gasteiger partial charge is 0.261 e. The molecule has 0 aliphatic heterocycles. The van der Waals surface area contributed by atoms with Crippen LogP contribution in [0.4, 0.5) is 5.69 Å². The second-order valence-corrected chi connectivity index (χ2v) is 7.94. The van der Waals surface area contributed by atoms with E-state index in [-0.39, 0.29) is 4.90 Å². The molecule has 0 atom stereocenters. The van der Waals surface area contributed by atoms with Crippen LogP contribution in [0.15, 0.2) is 108 Å². The highest BCUT2D eigenvalue weighted by Crippen LogP contribution is 2.28. The van der Waals surface area contributed by atoms with Crippen molar-refractivity contribution in [3.05, 3.63) is 103 Å². The molecule has 0 aliphatic carbocycles. The van der Waals surface area contributed by atoms with Gasteiger partial charge in [-0.2, -0.15) is 0 Å². The summed E-state index contributed by atoms with van der Waals surface area (Å²) in [6.45, 7) is 0. The highest BCUT2D eigenvalue weighted by molar-refractivity contribution is 7.92. The van der Waals surface area contributed by atoms with Crippen LogP contribution in [0.5, 0.6) is 0 Å². The van der Waals surface area contributed by atoms with E-state index in [2.05, 4.69) is 9.71 Å². The van der Waals surface area contributed by atoms with Crippen LogP contribution < -0.4 is 4.72 Å². The lowest BCUT2D eigenvalue weighted by Gasteiger charge is -2.13. The quantitative estimate of drug-likeness (QED) is 0.512. The first-order valence-corrected chi connectivity index (χ1v) is 10.3. The average Bonchev–Trinajstić information content (AvgIpc) is 2.75. The fourth-order valence-corrected chi connectivity index (χ4v) is 4.06. The summed E-state index contributed by atoms with van der Waals surface area (Å²) in [4.78, 5) is 4.53. The third kappa shape index (κ3) is 3.80. The van der Waals surface area contributed by atoms with Crippen molar-refractivity contribution >= 4 is 15.7 Å². The van der Waals surface area contributed by atoms with E-state index in [9.17, 15) is 8.42 Å². The summed E-state index contributed by atoms with van der Waals surface area (Å²) in [5.41, 5.74) is 3.94. The van der Waals surface area contributed by atoms with Gasteiger partial charge in [-0.1, -0.05) is 66.7 Å². The van der Waals surface area contributed by atoms with Crippen LogP contribution in [0.1, 0.15) is 0 Å². The molecule has 5 heteroatoms. The molecule has 4 rings (SSSR count). The van der Waals surface area contributed by atoms with E-state index in [1.807, 2.05) is 72.8 Å². The van der Waals surface area contributed by atoms with Crippen molar-refractivity contribution in [2.24, 2.45) is 0 Å². The third-order valence-electron chi connectivity index (χ3n) is 4.38. The van der Waals surface area contributed by atoms with Gasteiger partial charge in [-0.25, -0.2) is 8.42 Å². The van der Waals surface area contributed by atoms with E-state index in [0.29, 0.717) is 11.4 Å². The molecular weight excluding hydrogens is 368 g/mol. The topological polar surface area (TPSA) is 59.1 Å². The number of rotatable bonds is 5. The molecule has 0 fully saturated rings. The van der Waals surface area contributed by atoms with Gasteiger partial charge in [0.25, 0.3) is 10.0 Å². The van der Waals surface area contributed by atoms with Crippen LogP contribution in [-0.4, -0.2) is 13.4 Å². The van der Waals surface area contributed by atoms with Crippen LogP contribution in [0, 0.1) is 0 Å². The summed E-state index contributed by atoms with van der Waals surface area (Å²) in [5.74, 6) is 0. The molecule has 0 radical (unpaired) electrons. The van der Waals surface area contributed by atoms with Crippen molar-refractivity contribution in [2.45, 2.75) is 4.90 Å². The fraction of sp³-hybridized carbons (Fsp3) is 0. The monoisotopic (exact) mass is 386 g/mol. The third-order valence-corrected chi connectivity index (χ3v) is 5.77. The van der Waals surface area contributed by atoms with E-state index >= 15 is 0 Å². The number of pyridine rings is 1. The van der Waals surface area contributed by atoms with Crippen LogP contribution in [0.3, 0.4) is 0 Å². The predicted octanol–water partition coefficient (Wildman–Crippen LogP) is 5.22. The summed E-state index contributed by atoms with van der Waals surface area (Å²) in [7, 11) is -3.72. The summed E-state index contributed by atoms with van der Waals surface area (Å²) in [5, 5.41) is 0. The van der Waals surface area contributed by atoms with E-state index in [0.717, 1.165) is 16.7 Å². The summed E-state index contributed by atoms with van der Waals surface area (Å²) >= 11 is 0. The first-order chi connectivity index (χ1) is 13.6. The normalized spacial score (nSPS) is 11.1. The number of hydrogen-bond donors (Lipinski definition) is 1. The van der Waals surface area contributed by atoms with Crippen molar-refractivity contribution < 1.29 is 8.42 Å². The van der Waals surface area contributed by atoms with Crippen LogP contribution in [0.25, 0.3) is 22.4 Å². The molecule has 0 aliphatic rings. The Kier molecular flexibility index (Phi) is 4.91. The molecule has 1 aromatic heterocycles. The van der Waals surface area contributed by atoms with Gasteiger partial charge in [0, 0.05) is 11.8 Å². The van der Waals surface area contributed by atoms with Crippen molar-refractivity contribution in [3.63, 3.8) is 0 Å². The molecule has 0 saturated carbocycles. The van der Waals surface area contributed by atoms with Crippen molar-refractivity contribution in [1.29, 1.82) is 0 Å². The molecule has 0 saturated heterocycles. The molecule has 1 N–H and O–H groups in total. The number of nitrogens with zero attached hydrogens (tertiary/aromatic N) is 1. The van der Waals surface area contributed by atoms with Gasteiger partial charge in [0.2, 0.25) is 0 Å². The minimum Gasteiger partial charge on any atom is -0.279 e. The molecule has 4 nitrogen and oxygen atoms in total. The largest absolute Gasteiger partial charge is 0.279 e. The lowest BCUT2D eigenvalue weighted by molar-refractivity contribution is 0.601. The van der Waals surface area contributed by atoms with Gasteiger partial charge in [-0.3, -0.25) is 9.71 Å². The average molecular weight is 386 g/mol. The minimum absolute atomic E-state index is 0.211. The second-order valence-electron chi connectivity index (χ2n) is 6.26. The summed E-state index contributed by atoms with van der Waals surface area (Å²) in [6.07, 6.45) is 1.68. The Morgan fingerprint density at radius 1 is 0.643 bits per heavy atom. The number of hydrogen-bond acceptors (Lipinski definition) is 3. The number of sulfonamides is 1. The van der Waals surface area contributed by atoms with Gasteiger partial charge in [0.15, 0.2) is 0 Å². The Balaban J connectivity index is 1.64. The molecule has 28 heavy (non-hydrogen) atoms. The predicted molar refractivity (Wildman–Crippen MR) is 112 cm³/mol. The van der Waals surface area contributed by atoms with Gasteiger partial charge in [0.05, 0.1) is 16.3 Å². The molecule has 0 spiro atoms. The molecule has 0 unspecified atom stereocenters. The van der Waals surface area contributed by atoms with E-state index in [4.69, 9.17) is 0 Å². The zero-order chi connectivity index (χ0) is 19.4. The number of aromatic nitrogens is 1. The summed E-state index contributed by atoms with van der Waals surface area (Å²) in [6, 6.07) is 29.5. The highest BCUT2D eigenvalue weighted by atomic mass is 32.2. The van der Waals surface area contributed by atoms with Crippen molar-refractivity contribution in [3.8, 4) is 22.4 Å². The van der Waals surface area contributed by atoms with Gasteiger partial charge in [-0.05, 0) is 41.5 Å². The Bertz CT molecular complexity index is 1170. The van der Waals surface area contributed by atoms with Gasteiger partial charge in [0.1, 0.15) is 0 Å². The standard InChI is InChI=1S/C23H18N2O2S/c26-28(27,20-15-13-19(14-16-20)18-8-2-1-3-9-18)25-23-12-5-4-10-21(23)22-11-6-7-17-24-22/h1-17,25H. The molecule has 138 valence electrons. The van der Waals surface area contributed by atoms with Crippen molar-refractivity contribution in [2.75, 3.05) is 4.72 Å². The van der Waals surface area contributed by atoms with E-state index in [1.54, 1.807) is 30.5 Å². The molecule has 4 aromatic rings. The second kappa shape index (κ2) is 7.66. The van der Waals surface area contributed by atoms with Crippen molar-refractivity contribution in [1.82, 2.24) is 4.98 Å². The van der Waals surface area contributed by atoms with Gasteiger partial charge < -0.3 is 0 Å². The minimum atomic E-state index is -3.72. The van der Waals surface area contributed by atoms with Gasteiger partial charge >= 0.3 is 0 Å². The maximum Gasteiger partial charge on any atom is 0.261 e. The lowest BCUT2D eigenvalue weighted by atomic mass is 10.1. The van der Waals surface area contributed by atoms with E-state index in [1.165, 1.54) is 0 Å². The molecular formula is C23H18N2O2S. The SMILES string of the molecule is O=S(=O)(Nc1ccccc1-c1ccccn1)c1ccc(-c2ccccc2)cc1. The number of anilines is 1. The zero-order valence-electron chi connectivity index (χ0n) is 15.0.